The summed E-state index contributed by atoms with van der Waals surface area (Å²) in [5, 5.41) is 2.57. The smallest absolute Gasteiger partial charge is 0.327 e. The Morgan fingerprint density at radius 1 is 1.50 bits per heavy atom. The molecule has 4 N–H and O–H groups in total. The lowest BCUT2D eigenvalue weighted by atomic mass is 10.1. The fraction of sp³-hybridized carbons (Fsp3) is 0.778. The van der Waals surface area contributed by atoms with E-state index in [1.54, 1.807) is 7.05 Å². The number of hydrogen-bond donors (Lipinski definition) is 3. The Kier molecular flexibility index (Phi) is 7.44. The fourth-order valence-electron chi connectivity index (χ4n) is 1.29. The predicted octanol–water partition coefficient (Wildman–Crippen LogP) is -1.39. The van der Waals surface area contributed by atoms with Crippen molar-refractivity contribution in [3.63, 3.8) is 0 Å². The average Bonchev–Trinajstić information content (AvgIpc) is 2.25. The molecule has 0 heterocycles. The highest BCUT2D eigenvalue weighted by molar-refractivity contribution is 5.78. The van der Waals surface area contributed by atoms with Crippen LogP contribution in [0.2, 0.25) is 0 Å². The van der Waals surface area contributed by atoms with Gasteiger partial charge in [0.15, 0.2) is 0 Å². The maximum absolute atomic E-state index is 11.2. The van der Waals surface area contributed by atoms with Gasteiger partial charge in [-0.3, -0.25) is 9.59 Å². The third kappa shape index (κ3) is 6.33. The molecule has 0 saturated carbocycles. The van der Waals surface area contributed by atoms with Gasteiger partial charge in [0.1, 0.15) is 0 Å². The van der Waals surface area contributed by atoms with E-state index in [-0.39, 0.29) is 18.2 Å². The van der Waals surface area contributed by atoms with Gasteiger partial charge in [-0.2, -0.15) is 0 Å². The van der Waals surface area contributed by atoms with Crippen LogP contribution in [0, 0.1) is 5.92 Å². The average molecular weight is 232 g/mol. The first-order valence-corrected chi connectivity index (χ1v) is 5.06. The second-order valence-corrected chi connectivity index (χ2v) is 3.62. The molecule has 0 radical (unpaired) electrons. The molecule has 0 aromatic rings. The van der Waals surface area contributed by atoms with E-state index in [4.69, 9.17) is 5.84 Å². The van der Waals surface area contributed by atoms with Crippen molar-refractivity contribution in [2.75, 3.05) is 27.2 Å². The lowest BCUT2D eigenvalue weighted by molar-refractivity contribution is -0.151. The van der Waals surface area contributed by atoms with Crippen LogP contribution in [-0.2, 0) is 14.4 Å². The van der Waals surface area contributed by atoms with Gasteiger partial charge >= 0.3 is 5.97 Å². The van der Waals surface area contributed by atoms with Gasteiger partial charge < -0.3 is 15.1 Å². The van der Waals surface area contributed by atoms with Gasteiger partial charge in [0.05, 0.1) is 6.42 Å². The van der Waals surface area contributed by atoms with Crippen molar-refractivity contribution in [3.05, 3.63) is 0 Å². The molecule has 1 atom stereocenters. The molecule has 0 aliphatic carbocycles. The molecule has 94 valence electrons. The van der Waals surface area contributed by atoms with Crippen molar-refractivity contribution in [3.8, 4) is 0 Å². The van der Waals surface area contributed by atoms with Crippen LogP contribution >= 0.6 is 0 Å². The standard InChI is InChI=1S/C9H20N4O3/c1-7(9(15)11-2)6-13(3)5-4-8(14)16-12-10/h7,12H,4-6,10H2,1-3H3,(H,11,15). The molecule has 1 amide bonds. The van der Waals surface area contributed by atoms with Gasteiger partial charge in [0, 0.05) is 26.1 Å². The summed E-state index contributed by atoms with van der Waals surface area (Å²) in [6.07, 6.45) is 0.223. The summed E-state index contributed by atoms with van der Waals surface area (Å²) in [5.41, 5.74) is 1.83. The number of rotatable bonds is 7. The molecule has 0 fully saturated rings. The summed E-state index contributed by atoms with van der Waals surface area (Å²) in [4.78, 5) is 28.4. The normalized spacial score (nSPS) is 12.3. The molecule has 0 bridgehead atoms. The summed E-state index contributed by atoms with van der Waals surface area (Å²) in [6, 6.07) is 0. The minimum absolute atomic E-state index is 0.0157. The van der Waals surface area contributed by atoms with Gasteiger partial charge in [-0.1, -0.05) is 12.5 Å². The Balaban J connectivity index is 3.77. The van der Waals surface area contributed by atoms with Crippen molar-refractivity contribution in [1.29, 1.82) is 0 Å². The van der Waals surface area contributed by atoms with E-state index in [0.29, 0.717) is 13.1 Å². The van der Waals surface area contributed by atoms with Crippen LogP contribution in [0.5, 0.6) is 0 Å². The Labute approximate surface area is 95.2 Å². The highest BCUT2D eigenvalue weighted by atomic mass is 16.7. The Hall–Kier alpha value is -1.18. The first kappa shape index (κ1) is 14.8. The number of nitrogens with one attached hydrogen (secondary N) is 2. The molecular formula is C9H20N4O3. The predicted molar refractivity (Wildman–Crippen MR) is 58.8 cm³/mol. The number of nitrogens with zero attached hydrogens (tertiary/aromatic N) is 1. The minimum Gasteiger partial charge on any atom is -0.359 e. The third-order valence-corrected chi connectivity index (χ3v) is 2.15. The highest BCUT2D eigenvalue weighted by Crippen LogP contribution is 1.99. The zero-order valence-corrected chi connectivity index (χ0v) is 9.95. The summed E-state index contributed by atoms with van der Waals surface area (Å²) < 4.78 is 0. The van der Waals surface area contributed by atoms with Gasteiger partial charge in [-0.05, 0) is 7.05 Å². The molecule has 0 aliphatic heterocycles. The monoisotopic (exact) mass is 232 g/mol. The molecule has 0 aliphatic rings. The van der Waals surface area contributed by atoms with Crippen LogP contribution < -0.4 is 16.7 Å². The van der Waals surface area contributed by atoms with E-state index >= 15 is 0 Å². The van der Waals surface area contributed by atoms with E-state index < -0.39 is 5.97 Å². The molecular weight excluding hydrogens is 212 g/mol. The van der Waals surface area contributed by atoms with Crippen LogP contribution in [0.1, 0.15) is 13.3 Å². The second-order valence-electron chi connectivity index (χ2n) is 3.62. The molecule has 0 aromatic carbocycles. The quantitative estimate of drug-likeness (QED) is 0.369. The van der Waals surface area contributed by atoms with Crippen molar-refractivity contribution in [2.24, 2.45) is 11.8 Å². The maximum Gasteiger partial charge on any atom is 0.327 e. The van der Waals surface area contributed by atoms with E-state index in [9.17, 15) is 9.59 Å². The first-order chi connectivity index (χ1) is 7.51. The van der Waals surface area contributed by atoms with Crippen LogP contribution in [0.3, 0.4) is 0 Å². The number of hydrogen-bond acceptors (Lipinski definition) is 6. The lowest BCUT2D eigenvalue weighted by Crippen LogP contribution is -2.35. The van der Waals surface area contributed by atoms with Crippen molar-refractivity contribution < 1.29 is 14.4 Å². The zero-order chi connectivity index (χ0) is 12.6. The van der Waals surface area contributed by atoms with Crippen molar-refractivity contribution in [2.45, 2.75) is 13.3 Å². The van der Waals surface area contributed by atoms with E-state index in [2.05, 4.69) is 10.2 Å². The molecule has 0 saturated heterocycles. The van der Waals surface area contributed by atoms with E-state index in [1.165, 1.54) is 0 Å². The molecule has 16 heavy (non-hydrogen) atoms. The van der Waals surface area contributed by atoms with Gasteiger partial charge in [-0.25, -0.2) is 5.84 Å². The first-order valence-electron chi connectivity index (χ1n) is 5.06. The largest absolute Gasteiger partial charge is 0.359 e. The summed E-state index contributed by atoms with van der Waals surface area (Å²) in [6.45, 7) is 2.93. The number of hydrazine groups is 1. The number of nitrogens with two attached hydrogens (primary N) is 1. The van der Waals surface area contributed by atoms with Gasteiger partial charge in [-0.15, -0.1) is 0 Å². The molecule has 0 aromatic heterocycles. The minimum atomic E-state index is -0.429. The molecule has 1 unspecified atom stereocenters. The molecule has 0 rings (SSSR count). The topological polar surface area (TPSA) is 96.7 Å². The fourth-order valence-corrected chi connectivity index (χ4v) is 1.29. The number of amides is 1. The van der Waals surface area contributed by atoms with Crippen LogP contribution in [0.25, 0.3) is 0 Å². The van der Waals surface area contributed by atoms with Gasteiger partial charge in [0.2, 0.25) is 5.91 Å². The molecule has 7 nitrogen and oxygen atoms in total. The number of carbonyl (C=O) groups excluding carboxylic acids is 2. The highest BCUT2D eigenvalue weighted by Gasteiger charge is 2.14. The Morgan fingerprint density at radius 3 is 2.62 bits per heavy atom. The molecule has 0 spiro atoms. The van der Waals surface area contributed by atoms with Crippen LogP contribution in [-0.4, -0.2) is 44.0 Å². The van der Waals surface area contributed by atoms with E-state index in [0.717, 1.165) is 0 Å². The van der Waals surface area contributed by atoms with Crippen molar-refractivity contribution >= 4 is 11.9 Å². The zero-order valence-electron chi connectivity index (χ0n) is 9.95. The second kappa shape index (κ2) is 8.03. The molecule has 7 heteroatoms. The van der Waals surface area contributed by atoms with E-state index in [1.807, 2.05) is 24.5 Å². The Morgan fingerprint density at radius 2 is 2.12 bits per heavy atom. The van der Waals surface area contributed by atoms with Crippen LogP contribution in [0.15, 0.2) is 0 Å². The van der Waals surface area contributed by atoms with Crippen LogP contribution in [0.4, 0.5) is 0 Å². The lowest BCUT2D eigenvalue weighted by Gasteiger charge is -2.19. The van der Waals surface area contributed by atoms with Crippen molar-refractivity contribution in [1.82, 2.24) is 15.8 Å². The SMILES string of the molecule is CNC(=O)C(C)CN(C)CCC(=O)ONN. The van der Waals surface area contributed by atoms with Gasteiger partial charge in [0.25, 0.3) is 0 Å². The third-order valence-electron chi connectivity index (χ3n) is 2.15. The maximum atomic E-state index is 11.2. The Bertz CT molecular complexity index is 235. The summed E-state index contributed by atoms with van der Waals surface area (Å²) in [5.74, 6) is 4.26. The number of carbonyl (C=O) groups is 2. The summed E-state index contributed by atoms with van der Waals surface area (Å²) >= 11 is 0. The summed E-state index contributed by atoms with van der Waals surface area (Å²) in [7, 11) is 3.44.